The van der Waals surface area contributed by atoms with Crippen molar-refractivity contribution in [1.82, 2.24) is 15.1 Å². The van der Waals surface area contributed by atoms with Crippen LogP contribution in [0.2, 0.25) is 0 Å². The fourth-order valence-electron chi connectivity index (χ4n) is 5.16. The Kier molecular flexibility index (Phi) is 8.06. The lowest BCUT2D eigenvalue weighted by molar-refractivity contribution is -0.0128. The predicted molar refractivity (Wildman–Crippen MR) is 138 cm³/mol. The third kappa shape index (κ3) is 6.41. The van der Waals surface area contributed by atoms with E-state index in [1.807, 2.05) is 48.5 Å². The zero-order valence-corrected chi connectivity index (χ0v) is 21.6. The molecule has 4 rings (SSSR count). The molecule has 0 saturated carbocycles. The van der Waals surface area contributed by atoms with Gasteiger partial charge in [-0.2, -0.15) is 0 Å². The molecule has 2 amide bonds. The Morgan fingerprint density at radius 3 is 1.76 bits per heavy atom. The highest BCUT2D eigenvalue weighted by Crippen LogP contribution is 2.28. The first-order valence-corrected chi connectivity index (χ1v) is 12.7. The van der Waals surface area contributed by atoms with Gasteiger partial charge in [0.1, 0.15) is 5.60 Å². The number of ether oxygens (including phenoxy) is 1. The molecule has 0 bridgehead atoms. The highest BCUT2D eigenvalue weighted by molar-refractivity contribution is 5.69. The van der Waals surface area contributed by atoms with Crippen molar-refractivity contribution in [1.29, 1.82) is 0 Å². The minimum atomic E-state index is -1.08. The lowest BCUT2D eigenvalue weighted by Gasteiger charge is -2.40. The molecule has 37 heavy (non-hydrogen) atoms. The molecule has 2 aliphatic heterocycles. The van der Waals surface area contributed by atoms with Gasteiger partial charge in [0.15, 0.2) is 0 Å². The van der Waals surface area contributed by atoms with Gasteiger partial charge >= 0.3 is 12.2 Å². The van der Waals surface area contributed by atoms with Gasteiger partial charge < -0.3 is 25.4 Å². The summed E-state index contributed by atoms with van der Waals surface area (Å²) >= 11 is 0. The quantitative estimate of drug-likeness (QED) is 0.470. The van der Waals surface area contributed by atoms with E-state index in [1.54, 1.807) is 25.7 Å². The molecule has 9 nitrogen and oxygen atoms in total. The van der Waals surface area contributed by atoms with Crippen molar-refractivity contribution in [2.45, 2.75) is 76.6 Å². The number of hydrogen-bond donors (Lipinski definition) is 4. The average Bonchev–Trinajstić information content (AvgIpc) is 2.85. The molecule has 0 saturated heterocycles. The normalized spacial score (nSPS) is 21.0. The Balaban J connectivity index is 1.40. The molecular weight excluding hydrogens is 474 g/mol. The second-order valence-corrected chi connectivity index (χ2v) is 10.9. The molecule has 4 unspecified atom stereocenters. The Morgan fingerprint density at radius 1 is 0.865 bits per heavy atom. The number of rotatable bonds is 6. The first kappa shape index (κ1) is 26.9. The van der Waals surface area contributed by atoms with Crippen LogP contribution in [0.3, 0.4) is 0 Å². The van der Waals surface area contributed by atoms with Crippen molar-refractivity contribution in [3.63, 3.8) is 0 Å². The number of aliphatic hydroxyl groups is 2. The summed E-state index contributed by atoms with van der Waals surface area (Å²) in [5.41, 5.74) is 3.39. The maximum atomic E-state index is 13.0. The number of aliphatic hydroxyl groups excluding tert-OH is 2. The molecule has 200 valence electrons. The van der Waals surface area contributed by atoms with Gasteiger partial charge in [-0.15, -0.1) is 0 Å². The van der Waals surface area contributed by atoms with E-state index in [2.05, 4.69) is 5.32 Å². The lowest BCUT2D eigenvalue weighted by Crippen LogP contribution is -2.56. The summed E-state index contributed by atoms with van der Waals surface area (Å²) < 4.78 is 5.61. The minimum absolute atomic E-state index is 0.101. The number of amides is 2. The number of carbonyl (C=O) groups is 2. The van der Waals surface area contributed by atoms with E-state index in [-0.39, 0.29) is 19.6 Å². The first-order chi connectivity index (χ1) is 17.5. The molecule has 4 N–H and O–H groups in total. The second-order valence-electron chi connectivity index (χ2n) is 10.9. The van der Waals surface area contributed by atoms with E-state index in [4.69, 9.17) is 4.74 Å². The van der Waals surface area contributed by atoms with Crippen molar-refractivity contribution < 1.29 is 29.6 Å². The Hall–Kier alpha value is -3.14. The molecule has 0 fully saturated rings. The highest BCUT2D eigenvalue weighted by Gasteiger charge is 2.37. The minimum Gasteiger partial charge on any atom is -0.465 e. The Morgan fingerprint density at radius 2 is 1.30 bits per heavy atom. The number of fused-ring (bicyclic) bond motifs is 2. The van der Waals surface area contributed by atoms with Gasteiger partial charge in [-0.3, -0.25) is 9.80 Å². The zero-order chi connectivity index (χ0) is 26.7. The van der Waals surface area contributed by atoms with Crippen LogP contribution >= 0.6 is 0 Å². The van der Waals surface area contributed by atoms with E-state index in [0.717, 1.165) is 22.3 Å². The monoisotopic (exact) mass is 511 g/mol. The molecular formula is C28H37N3O6. The summed E-state index contributed by atoms with van der Waals surface area (Å²) in [6, 6.07) is 14.4. The SMILES string of the molecule is CC(C)(C)OC(=O)N1Cc2ccccc2CC1C(O)CNCC(O)C1Cc2ccccc2CN1C(=O)O. The summed E-state index contributed by atoms with van der Waals surface area (Å²) in [7, 11) is 0. The number of hydrogen-bond acceptors (Lipinski definition) is 6. The lowest BCUT2D eigenvalue weighted by atomic mass is 9.90. The van der Waals surface area contributed by atoms with Gasteiger partial charge in [0, 0.05) is 26.2 Å². The average molecular weight is 512 g/mol. The maximum absolute atomic E-state index is 13.0. The first-order valence-electron chi connectivity index (χ1n) is 12.7. The van der Waals surface area contributed by atoms with Crippen molar-refractivity contribution in [3.05, 3.63) is 70.8 Å². The number of carboxylic acid groups (broad SMARTS) is 1. The number of nitrogens with one attached hydrogen (secondary N) is 1. The largest absolute Gasteiger partial charge is 0.465 e. The van der Waals surface area contributed by atoms with Gasteiger partial charge in [-0.1, -0.05) is 48.5 Å². The third-order valence-corrected chi connectivity index (χ3v) is 7.05. The van der Waals surface area contributed by atoms with Crippen LogP contribution in [0.1, 0.15) is 43.0 Å². The molecule has 4 atom stereocenters. The summed E-state index contributed by atoms with van der Waals surface area (Å²) in [6.07, 6.45) is -2.55. The van der Waals surface area contributed by atoms with Crippen molar-refractivity contribution in [3.8, 4) is 0 Å². The Labute approximate surface area is 217 Å². The van der Waals surface area contributed by atoms with E-state index in [9.17, 15) is 24.9 Å². The summed E-state index contributed by atoms with van der Waals surface area (Å²) in [4.78, 5) is 27.7. The molecule has 0 aromatic heterocycles. The molecule has 2 aromatic rings. The van der Waals surface area contributed by atoms with Crippen LogP contribution in [0.5, 0.6) is 0 Å². The molecule has 2 aliphatic rings. The van der Waals surface area contributed by atoms with Crippen LogP contribution in [-0.2, 0) is 30.7 Å². The van der Waals surface area contributed by atoms with Gasteiger partial charge in [0.05, 0.1) is 24.3 Å². The van der Waals surface area contributed by atoms with Crippen LogP contribution in [0, 0.1) is 0 Å². The molecule has 0 aliphatic carbocycles. The second kappa shape index (κ2) is 11.1. The van der Waals surface area contributed by atoms with Crippen LogP contribution in [-0.4, -0.2) is 80.3 Å². The summed E-state index contributed by atoms with van der Waals surface area (Å²) in [6.45, 7) is 6.21. The fourth-order valence-corrected chi connectivity index (χ4v) is 5.16. The molecule has 9 heteroatoms. The standard InChI is InChI=1S/C28H37N3O6/c1-28(2,3)37-27(36)31-17-21-11-7-5-9-19(21)13-23(31)25(33)15-29-14-24(32)22-12-18-8-4-6-10-20(18)16-30(22)26(34)35/h4-11,22-25,29,32-33H,12-17H2,1-3H3,(H,34,35). The van der Waals surface area contributed by atoms with Crippen molar-refractivity contribution in [2.24, 2.45) is 0 Å². The molecule has 2 heterocycles. The number of carbonyl (C=O) groups excluding carboxylic acids is 1. The van der Waals surface area contributed by atoms with Gasteiger partial charge in [0.25, 0.3) is 0 Å². The van der Waals surface area contributed by atoms with E-state index < -0.39 is 42.1 Å². The van der Waals surface area contributed by atoms with Gasteiger partial charge in [-0.05, 0) is 55.9 Å². The topological polar surface area (TPSA) is 123 Å². The molecule has 0 radical (unpaired) electrons. The Bertz CT molecular complexity index is 1120. The molecule has 2 aromatic carbocycles. The van der Waals surface area contributed by atoms with Crippen LogP contribution < -0.4 is 5.32 Å². The highest BCUT2D eigenvalue weighted by atomic mass is 16.6. The number of nitrogens with zero attached hydrogens (tertiary/aromatic N) is 2. The third-order valence-electron chi connectivity index (χ3n) is 7.05. The molecule has 0 spiro atoms. The summed E-state index contributed by atoms with van der Waals surface area (Å²) in [5.74, 6) is 0. The van der Waals surface area contributed by atoms with Crippen LogP contribution in [0.25, 0.3) is 0 Å². The summed E-state index contributed by atoms with van der Waals surface area (Å²) in [5, 5.41) is 34.8. The zero-order valence-electron chi connectivity index (χ0n) is 21.6. The van der Waals surface area contributed by atoms with Gasteiger partial charge in [0.2, 0.25) is 0 Å². The smallest absolute Gasteiger partial charge is 0.410 e. The van der Waals surface area contributed by atoms with Crippen LogP contribution in [0.15, 0.2) is 48.5 Å². The van der Waals surface area contributed by atoms with Crippen molar-refractivity contribution in [2.75, 3.05) is 13.1 Å². The van der Waals surface area contributed by atoms with E-state index >= 15 is 0 Å². The van der Waals surface area contributed by atoms with E-state index in [0.29, 0.717) is 19.4 Å². The van der Waals surface area contributed by atoms with Gasteiger partial charge in [-0.25, -0.2) is 9.59 Å². The fraction of sp³-hybridized carbons (Fsp3) is 0.500. The maximum Gasteiger partial charge on any atom is 0.410 e. The predicted octanol–water partition coefficient (Wildman–Crippen LogP) is 2.76. The number of benzene rings is 2. The van der Waals surface area contributed by atoms with E-state index in [1.165, 1.54) is 4.90 Å². The van der Waals surface area contributed by atoms with Crippen molar-refractivity contribution >= 4 is 12.2 Å². The van der Waals surface area contributed by atoms with Crippen LogP contribution in [0.4, 0.5) is 9.59 Å².